The highest BCUT2D eigenvalue weighted by atomic mass is 79.9. The van der Waals surface area contributed by atoms with Crippen LogP contribution in [0.3, 0.4) is 0 Å². The van der Waals surface area contributed by atoms with E-state index in [-0.39, 0.29) is 0 Å². The van der Waals surface area contributed by atoms with Crippen LogP contribution in [-0.2, 0) is 11.3 Å². The van der Waals surface area contributed by atoms with Gasteiger partial charge >= 0.3 is 0 Å². The second-order valence-corrected chi connectivity index (χ2v) is 5.33. The number of ether oxygens (including phenoxy) is 1. The third kappa shape index (κ3) is 4.74. The van der Waals surface area contributed by atoms with Crippen LogP contribution in [0.1, 0.15) is 24.8 Å². The molecule has 17 heavy (non-hydrogen) atoms. The van der Waals surface area contributed by atoms with Crippen molar-refractivity contribution >= 4 is 15.9 Å². The number of rotatable bonds is 5. The summed E-state index contributed by atoms with van der Waals surface area (Å²) in [5, 5.41) is 3.38. The first-order valence-corrected chi connectivity index (χ1v) is 7.03. The Labute approximate surface area is 111 Å². The van der Waals surface area contributed by atoms with E-state index in [4.69, 9.17) is 4.74 Å². The molecule has 94 valence electrons. The van der Waals surface area contributed by atoms with Crippen LogP contribution in [0.2, 0.25) is 0 Å². The highest BCUT2D eigenvalue weighted by Crippen LogP contribution is 2.16. The first-order chi connectivity index (χ1) is 8.34. The van der Waals surface area contributed by atoms with Crippen LogP contribution in [-0.4, -0.2) is 24.7 Å². The summed E-state index contributed by atoms with van der Waals surface area (Å²) in [5.74, 6) is 0.848. The van der Waals surface area contributed by atoms with E-state index in [0.717, 1.165) is 17.1 Å². The Kier molecular flexibility index (Phi) is 5.42. The fraction of sp³-hybridized carbons (Fsp3) is 0.615. The van der Waals surface area contributed by atoms with Crippen LogP contribution in [0, 0.1) is 5.92 Å². The van der Waals surface area contributed by atoms with Gasteiger partial charge in [0.05, 0.1) is 6.61 Å². The standard InChI is InChI=1S/C13H19BrN2O/c14-13-9-12(3-7-16-13)10-17-8-4-11-1-5-15-6-2-11/h3,7,9,11,15H,1-2,4-6,8,10H2. The molecule has 3 nitrogen and oxygen atoms in total. The van der Waals surface area contributed by atoms with Crippen LogP contribution in [0.5, 0.6) is 0 Å². The molecule has 1 fully saturated rings. The molecule has 2 heterocycles. The molecule has 4 heteroatoms. The number of piperidine rings is 1. The van der Waals surface area contributed by atoms with Crippen molar-refractivity contribution in [2.45, 2.75) is 25.9 Å². The topological polar surface area (TPSA) is 34.1 Å². The van der Waals surface area contributed by atoms with Gasteiger partial charge in [-0.05, 0) is 71.9 Å². The molecular formula is C13H19BrN2O. The van der Waals surface area contributed by atoms with Crippen LogP contribution >= 0.6 is 15.9 Å². The van der Waals surface area contributed by atoms with Crippen molar-refractivity contribution in [3.63, 3.8) is 0 Å². The zero-order valence-electron chi connectivity index (χ0n) is 9.99. The lowest BCUT2D eigenvalue weighted by Gasteiger charge is -2.22. The molecule has 0 saturated carbocycles. The molecule has 0 amide bonds. The maximum absolute atomic E-state index is 5.71. The van der Waals surface area contributed by atoms with E-state index in [2.05, 4.69) is 26.2 Å². The molecule has 1 aromatic rings. The molecule has 0 unspecified atom stereocenters. The van der Waals surface area contributed by atoms with Crippen LogP contribution in [0.4, 0.5) is 0 Å². The van der Waals surface area contributed by atoms with Gasteiger partial charge in [0.25, 0.3) is 0 Å². The van der Waals surface area contributed by atoms with E-state index in [1.165, 1.54) is 37.9 Å². The molecule has 1 aliphatic rings. The van der Waals surface area contributed by atoms with Crippen molar-refractivity contribution in [1.82, 2.24) is 10.3 Å². The Balaban J connectivity index is 1.62. The quantitative estimate of drug-likeness (QED) is 0.670. The van der Waals surface area contributed by atoms with Crippen molar-refractivity contribution in [3.8, 4) is 0 Å². The van der Waals surface area contributed by atoms with E-state index in [9.17, 15) is 0 Å². The largest absolute Gasteiger partial charge is 0.377 e. The van der Waals surface area contributed by atoms with Gasteiger partial charge in [-0.15, -0.1) is 0 Å². The van der Waals surface area contributed by atoms with Gasteiger partial charge in [0, 0.05) is 12.8 Å². The fourth-order valence-corrected chi connectivity index (χ4v) is 2.56. The number of aromatic nitrogens is 1. The summed E-state index contributed by atoms with van der Waals surface area (Å²) in [4.78, 5) is 4.10. The normalized spacial score (nSPS) is 17.2. The van der Waals surface area contributed by atoms with Crippen molar-refractivity contribution in [1.29, 1.82) is 0 Å². The Bertz CT molecular complexity index is 340. The van der Waals surface area contributed by atoms with Crippen molar-refractivity contribution in [2.75, 3.05) is 19.7 Å². The predicted octanol–water partition coefficient (Wildman–Crippen LogP) is 2.75. The van der Waals surface area contributed by atoms with Crippen molar-refractivity contribution in [2.24, 2.45) is 5.92 Å². The number of hydrogen-bond acceptors (Lipinski definition) is 3. The van der Waals surface area contributed by atoms with Crippen LogP contribution < -0.4 is 5.32 Å². The number of nitrogens with one attached hydrogen (secondary N) is 1. The maximum atomic E-state index is 5.71. The lowest BCUT2D eigenvalue weighted by Crippen LogP contribution is -2.28. The van der Waals surface area contributed by atoms with Gasteiger partial charge < -0.3 is 10.1 Å². The van der Waals surface area contributed by atoms with Crippen LogP contribution in [0.15, 0.2) is 22.9 Å². The van der Waals surface area contributed by atoms with Gasteiger partial charge in [-0.2, -0.15) is 0 Å². The third-order valence-corrected chi connectivity index (χ3v) is 3.62. The van der Waals surface area contributed by atoms with E-state index < -0.39 is 0 Å². The molecule has 2 rings (SSSR count). The summed E-state index contributed by atoms with van der Waals surface area (Å²) in [6.07, 6.45) is 5.58. The smallest absolute Gasteiger partial charge is 0.106 e. The molecular weight excluding hydrogens is 280 g/mol. The Morgan fingerprint density at radius 2 is 2.24 bits per heavy atom. The first kappa shape index (κ1) is 13.0. The Morgan fingerprint density at radius 1 is 1.41 bits per heavy atom. The lowest BCUT2D eigenvalue weighted by molar-refractivity contribution is 0.103. The summed E-state index contributed by atoms with van der Waals surface area (Å²) >= 11 is 3.36. The number of halogens is 1. The fourth-order valence-electron chi connectivity index (χ4n) is 2.14. The molecule has 1 aromatic heterocycles. The van der Waals surface area contributed by atoms with E-state index in [1.54, 1.807) is 6.20 Å². The second-order valence-electron chi connectivity index (χ2n) is 4.52. The maximum Gasteiger partial charge on any atom is 0.106 e. The van der Waals surface area contributed by atoms with Gasteiger partial charge in [0.1, 0.15) is 4.60 Å². The highest BCUT2D eigenvalue weighted by Gasteiger charge is 2.12. The number of nitrogens with zero attached hydrogens (tertiary/aromatic N) is 1. The van der Waals surface area contributed by atoms with Gasteiger partial charge in [-0.3, -0.25) is 0 Å². The SMILES string of the molecule is Brc1cc(COCCC2CCNCC2)ccn1. The van der Waals surface area contributed by atoms with Gasteiger partial charge in [0.15, 0.2) is 0 Å². The zero-order chi connectivity index (χ0) is 11.9. The average molecular weight is 299 g/mol. The Hall–Kier alpha value is -0.450. The average Bonchev–Trinajstić information content (AvgIpc) is 2.36. The highest BCUT2D eigenvalue weighted by molar-refractivity contribution is 9.10. The van der Waals surface area contributed by atoms with E-state index in [0.29, 0.717) is 6.61 Å². The minimum atomic E-state index is 0.687. The summed E-state index contributed by atoms with van der Waals surface area (Å²) in [5.41, 5.74) is 1.18. The molecule has 0 aromatic carbocycles. The zero-order valence-corrected chi connectivity index (χ0v) is 11.6. The minimum Gasteiger partial charge on any atom is -0.377 e. The Morgan fingerprint density at radius 3 is 3.00 bits per heavy atom. The summed E-state index contributed by atoms with van der Waals surface area (Å²) < 4.78 is 6.58. The number of pyridine rings is 1. The molecule has 1 N–H and O–H groups in total. The van der Waals surface area contributed by atoms with Gasteiger partial charge in [-0.25, -0.2) is 4.98 Å². The van der Waals surface area contributed by atoms with E-state index >= 15 is 0 Å². The summed E-state index contributed by atoms with van der Waals surface area (Å²) in [6, 6.07) is 4.00. The monoisotopic (exact) mass is 298 g/mol. The molecule has 0 aliphatic carbocycles. The van der Waals surface area contributed by atoms with Gasteiger partial charge in [0.2, 0.25) is 0 Å². The third-order valence-electron chi connectivity index (χ3n) is 3.19. The second kappa shape index (κ2) is 7.09. The summed E-state index contributed by atoms with van der Waals surface area (Å²) in [7, 11) is 0. The molecule has 0 spiro atoms. The van der Waals surface area contributed by atoms with Crippen LogP contribution in [0.25, 0.3) is 0 Å². The van der Waals surface area contributed by atoms with Crippen molar-refractivity contribution < 1.29 is 4.74 Å². The van der Waals surface area contributed by atoms with E-state index in [1.807, 2.05) is 12.1 Å². The number of hydrogen-bond donors (Lipinski definition) is 1. The summed E-state index contributed by atoms with van der Waals surface area (Å²) in [6.45, 7) is 3.89. The molecule has 1 saturated heterocycles. The predicted molar refractivity (Wildman–Crippen MR) is 71.8 cm³/mol. The molecule has 0 bridgehead atoms. The van der Waals surface area contributed by atoms with Gasteiger partial charge in [-0.1, -0.05) is 0 Å². The minimum absolute atomic E-state index is 0.687. The molecule has 0 radical (unpaired) electrons. The van der Waals surface area contributed by atoms with Crippen molar-refractivity contribution in [3.05, 3.63) is 28.5 Å². The molecule has 1 aliphatic heterocycles. The first-order valence-electron chi connectivity index (χ1n) is 6.23. The lowest BCUT2D eigenvalue weighted by atomic mass is 9.95. The molecule has 0 atom stereocenters.